The van der Waals surface area contributed by atoms with Gasteiger partial charge in [-0.1, -0.05) is 0 Å². The lowest BCUT2D eigenvalue weighted by Gasteiger charge is -2.27. The molecule has 0 aromatic carbocycles. The molecule has 0 saturated carbocycles. The van der Waals surface area contributed by atoms with Crippen LogP contribution in [-0.4, -0.2) is 30.1 Å². The van der Waals surface area contributed by atoms with E-state index in [-0.39, 0.29) is 0 Å². The molecule has 0 amide bonds. The zero-order chi connectivity index (χ0) is 8.43. The van der Waals surface area contributed by atoms with Crippen molar-refractivity contribution in [2.75, 3.05) is 7.05 Å². The van der Waals surface area contributed by atoms with Gasteiger partial charge in [-0.05, 0) is 40.2 Å². The molecule has 1 fully saturated rings. The van der Waals surface area contributed by atoms with Crippen LogP contribution in [0, 0.1) is 0 Å². The molecule has 66 valence electrons. The van der Waals surface area contributed by atoms with E-state index in [9.17, 15) is 0 Å². The lowest BCUT2D eigenvalue weighted by molar-refractivity contribution is 0.198. The van der Waals surface area contributed by atoms with Gasteiger partial charge in [0.1, 0.15) is 0 Å². The van der Waals surface area contributed by atoms with Crippen molar-refractivity contribution in [2.45, 2.75) is 51.2 Å². The minimum atomic E-state index is 0.428. The number of nitrogens with two attached hydrogens (primary N) is 1. The van der Waals surface area contributed by atoms with Gasteiger partial charge < -0.3 is 10.6 Å². The van der Waals surface area contributed by atoms with E-state index < -0.39 is 0 Å². The average molecular weight is 156 g/mol. The van der Waals surface area contributed by atoms with Gasteiger partial charge in [0.05, 0.1) is 0 Å². The molecule has 2 nitrogen and oxygen atoms in total. The molecule has 1 aliphatic rings. The number of hydrogen-bond donors (Lipinski definition) is 1. The molecular weight excluding hydrogens is 136 g/mol. The van der Waals surface area contributed by atoms with E-state index in [0.717, 1.165) is 6.42 Å². The Morgan fingerprint density at radius 1 is 1.18 bits per heavy atom. The second-order valence-electron chi connectivity index (χ2n) is 3.94. The van der Waals surface area contributed by atoms with Gasteiger partial charge in [-0.3, -0.25) is 0 Å². The van der Waals surface area contributed by atoms with Crippen LogP contribution in [0.3, 0.4) is 0 Å². The van der Waals surface area contributed by atoms with Crippen molar-refractivity contribution in [3.05, 3.63) is 0 Å². The van der Waals surface area contributed by atoms with Gasteiger partial charge in [-0.25, -0.2) is 0 Å². The molecule has 0 aromatic rings. The van der Waals surface area contributed by atoms with Crippen molar-refractivity contribution in [1.82, 2.24) is 4.90 Å². The third-order valence-electron chi connectivity index (χ3n) is 2.99. The molecule has 0 aliphatic carbocycles. The van der Waals surface area contributed by atoms with Gasteiger partial charge in [-0.2, -0.15) is 0 Å². The van der Waals surface area contributed by atoms with Crippen LogP contribution >= 0.6 is 0 Å². The van der Waals surface area contributed by atoms with Gasteiger partial charge >= 0.3 is 0 Å². The molecular formula is C9H20N2. The quantitative estimate of drug-likeness (QED) is 0.571. The van der Waals surface area contributed by atoms with Crippen LogP contribution in [0.4, 0.5) is 0 Å². The van der Waals surface area contributed by atoms with Crippen molar-refractivity contribution in [3.8, 4) is 0 Å². The van der Waals surface area contributed by atoms with Crippen molar-refractivity contribution in [3.63, 3.8) is 0 Å². The van der Waals surface area contributed by atoms with Crippen LogP contribution in [0.5, 0.6) is 0 Å². The predicted octanol–water partition coefficient (Wildman–Crippen LogP) is 1.21. The lowest BCUT2D eigenvalue weighted by Crippen LogP contribution is -2.36. The van der Waals surface area contributed by atoms with Gasteiger partial charge in [0.15, 0.2) is 0 Å². The Labute approximate surface area is 69.8 Å². The molecule has 1 aliphatic heterocycles. The topological polar surface area (TPSA) is 29.3 Å². The fourth-order valence-corrected chi connectivity index (χ4v) is 1.82. The van der Waals surface area contributed by atoms with E-state index >= 15 is 0 Å². The average Bonchev–Trinajstić information content (AvgIpc) is 2.05. The monoisotopic (exact) mass is 156 g/mol. The third-order valence-corrected chi connectivity index (χ3v) is 2.99. The fourth-order valence-electron chi connectivity index (χ4n) is 1.82. The standard InChI is InChI=1S/C9H20N2/c1-7-4-5-9(10)6-8(2)11(7)3/h7-9H,4-6,10H2,1-3H3. The number of likely N-dealkylation sites (tertiary alicyclic amines) is 1. The zero-order valence-corrected chi connectivity index (χ0v) is 7.88. The second kappa shape index (κ2) is 3.55. The molecule has 0 aromatic heterocycles. The van der Waals surface area contributed by atoms with Crippen molar-refractivity contribution in [1.29, 1.82) is 0 Å². The number of rotatable bonds is 0. The molecule has 2 N–H and O–H groups in total. The zero-order valence-electron chi connectivity index (χ0n) is 7.88. The molecule has 0 bridgehead atoms. The molecule has 0 spiro atoms. The number of hydrogen-bond acceptors (Lipinski definition) is 2. The van der Waals surface area contributed by atoms with Crippen LogP contribution in [-0.2, 0) is 0 Å². The maximum atomic E-state index is 5.92. The molecule has 11 heavy (non-hydrogen) atoms. The Bertz CT molecular complexity index is 125. The predicted molar refractivity (Wildman–Crippen MR) is 48.5 cm³/mol. The summed E-state index contributed by atoms with van der Waals surface area (Å²) in [6, 6.07) is 1.79. The second-order valence-corrected chi connectivity index (χ2v) is 3.94. The van der Waals surface area contributed by atoms with Gasteiger partial charge in [0.25, 0.3) is 0 Å². The minimum Gasteiger partial charge on any atom is -0.328 e. The summed E-state index contributed by atoms with van der Waals surface area (Å²) in [6.07, 6.45) is 3.60. The van der Waals surface area contributed by atoms with Crippen molar-refractivity contribution < 1.29 is 0 Å². The maximum Gasteiger partial charge on any atom is 0.00814 e. The Morgan fingerprint density at radius 2 is 1.82 bits per heavy atom. The largest absolute Gasteiger partial charge is 0.328 e. The molecule has 1 saturated heterocycles. The van der Waals surface area contributed by atoms with Crippen molar-refractivity contribution in [2.24, 2.45) is 5.73 Å². The summed E-state index contributed by atoms with van der Waals surface area (Å²) >= 11 is 0. The first-order chi connectivity index (χ1) is 5.11. The van der Waals surface area contributed by atoms with Crippen LogP contribution in [0.15, 0.2) is 0 Å². The molecule has 1 heterocycles. The van der Waals surface area contributed by atoms with Crippen molar-refractivity contribution >= 4 is 0 Å². The van der Waals surface area contributed by atoms with E-state index in [1.807, 2.05) is 0 Å². The third kappa shape index (κ3) is 2.17. The van der Waals surface area contributed by atoms with E-state index in [1.54, 1.807) is 0 Å². The van der Waals surface area contributed by atoms with Crippen LogP contribution in [0.25, 0.3) is 0 Å². The highest BCUT2D eigenvalue weighted by Gasteiger charge is 2.22. The summed E-state index contributed by atoms with van der Waals surface area (Å²) in [5.41, 5.74) is 5.92. The van der Waals surface area contributed by atoms with Crippen LogP contribution in [0.2, 0.25) is 0 Å². The summed E-state index contributed by atoms with van der Waals surface area (Å²) in [7, 11) is 2.20. The summed E-state index contributed by atoms with van der Waals surface area (Å²) < 4.78 is 0. The molecule has 1 rings (SSSR count). The van der Waals surface area contributed by atoms with E-state index in [1.165, 1.54) is 12.8 Å². The smallest absolute Gasteiger partial charge is 0.00814 e. The summed E-state index contributed by atoms with van der Waals surface area (Å²) in [5, 5.41) is 0. The first-order valence-electron chi connectivity index (χ1n) is 4.58. The van der Waals surface area contributed by atoms with Gasteiger partial charge in [0, 0.05) is 18.1 Å². The minimum absolute atomic E-state index is 0.428. The van der Waals surface area contributed by atoms with E-state index in [4.69, 9.17) is 5.73 Å². The Hall–Kier alpha value is -0.0800. The van der Waals surface area contributed by atoms with Gasteiger partial charge in [-0.15, -0.1) is 0 Å². The maximum absolute atomic E-state index is 5.92. The molecule has 3 unspecified atom stereocenters. The normalized spacial score (nSPS) is 42.0. The Kier molecular flexibility index (Phi) is 2.90. The highest BCUT2D eigenvalue weighted by molar-refractivity contribution is 4.80. The molecule has 0 radical (unpaired) electrons. The van der Waals surface area contributed by atoms with E-state index in [0.29, 0.717) is 18.1 Å². The van der Waals surface area contributed by atoms with Crippen LogP contribution < -0.4 is 5.73 Å². The number of nitrogens with zero attached hydrogens (tertiary/aromatic N) is 1. The fraction of sp³-hybridized carbons (Fsp3) is 1.00. The molecule has 2 heteroatoms. The highest BCUT2D eigenvalue weighted by atomic mass is 15.2. The first-order valence-corrected chi connectivity index (χ1v) is 4.58. The highest BCUT2D eigenvalue weighted by Crippen LogP contribution is 2.18. The summed E-state index contributed by atoms with van der Waals surface area (Å²) in [4.78, 5) is 2.44. The van der Waals surface area contributed by atoms with Gasteiger partial charge in [0.2, 0.25) is 0 Å². The van der Waals surface area contributed by atoms with E-state index in [2.05, 4.69) is 25.8 Å². The Balaban J connectivity index is 2.53. The Morgan fingerprint density at radius 3 is 2.45 bits per heavy atom. The SMILES string of the molecule is CC1CCC(N)CC(C)N1C. The summed E-state index contributed by atoms with van der Waals surface area (Å²) in [5.74, 6) is 0. The summed E-state index contributed by atoms with van der Waals surface area (Å²) in [6.45, 7) is 4.55. The molecule has 3 atom stereocenters. The first kappa shape index (κ1) is 9.01. The lowest BCUT2D eigenvalue weighted by atomic mass is 10.1. The van der Waals surface area contributed by atoms with Crippen LogP contribution in [0.1, 0.15) is 33.1 Å².